The van der Waals surface area contributed by atoms with Gasteiger partial charge >= 0.3 is 0 Å². The van der Waals surface area contributed by atoms with Gasteiger partial charge in [-0.1, -0.05) is 18.1 Å². The Hall–Kier alpha value is -6.60. The Bertz CT molecular complexity index is 2210. The topological polar surface area (TPSA) is 283 Å². The number of hydrogen-bond acceptors (Lipinski definition) is 13. The Kier molecular flexibility index (Phi) is 16.7. The fraction of sp³-hybridized carbons (Fsp3) is 0.442. The van der Waals surface area contributed by atoms with Crippen molar-refractivity contribution >= 4 is 29.5 Å². The van der Waals surface area contributed by atoms with Crippen molar-refractivity contribution in [2.75, 3.05) is 46.4 Å². The largest absolute Gasteiger partial charge is 0.492 e. The van der Waals surface area contributed by atoms with Crippen LogP contribution < -0.4 is 47.9 Å². The van der Waals surface area contributed by atoms with E-state index >= 15 is 0 Å². The SMILES string of the molecule is Cc1nc(C#CC(C)(C)C)ncc1C(=O)NC(CCN)C(=O)N(C)[C@@H]1C(=O)N[C@@H](C)C(=O)N[C@H](C(=O)NCC#N)Cc2ccc(OCCN)c(c2)-c2cc1ccc2OCCN. The summed E-state index contributed by atoms with van der Waals surface area (Å²) in [4.78, 5) is 79.4. The average Bonchev–Trinajstić information content (AvgIpc) is 3.22. The van der Waals surface area contributed by atoms with Gasteiger partial charge in [0.15, 0.2) is 0 Å². The molecule has 0 saturated heterocycles. The zero-order valence-corrected chi connectivity index (χ0v) is 35.4. The first-order valence-electron chi connectivity index (χ1n) is 19.8. The van der Waals surface area contributed by atoms with E-state index < -0.39 is 53.7 Å². The Balaban J connectivity index is 1.84. The third-order valence-electron chi connectivity index (χ3n) is 9.39. The van der Waals surface area contributed by atoms with Crippen molar-refractivity contribution in [3.8, 4) is 40.5 Å². The van der Waals surface area contributed by atoms with Crippen LogP contribution in [0.25, 0.3) is 11.1 Å². The summed E-state index contributed by atoms with van der Waals surface area (Å²) >= 11 is 0. The first-order chi connectivity index (χ1) is 29.0. The lowest BCUT2D eigenvalue weighted by molar-refractivity contribution is -0.141. The minimum absolute atomic E-state index is 0.00171. The van der Waals surface area contributed by atoms with Crippen LogP contribution in [0.1, 0.15) is 73.2 Å². The van der Waals surface area contributed by atoms with Gasteiger partial charge in [-0.05, 0) is 88.9 Å². The maximum absolute atomic E-state index is 14.5. The molecule has 0 saturated carbocycles. The third kappa shape index (κ3) is 12.7. The van der Waals surface area contributed by atoms with Crippen molar-refractivity contribution in [1.29, 1.82) is 5.26 Å². The van der Waals surface area contributed by atoms with Crippen LogP contribution in [0.5, 0.6) is 11.5 Å². The van der Waals surface area contributed by atoms with Crippen LogP contribution in [0, 0.1) is 35.5 Å². The highest BCUT2D eigenvalue weighted by Crippen LogP contribution is 2.40. The smallest absolute Gasteiger partial charge is 0.255 e. The Morgan fingerprint density at radius 3 is 2.25 bits per heavy atom. The van der Waals surface area contributed by atoms with Crippen LogP contribution in [0.3, 0.4) is 0 Å². The molecule has 4 rings (SSSR count). The van der Waals surface area contributed by atoms with E-state index in [0.717, 1.165) is 0 Å². The van der Waals surface area contributed by atoms with Gasteiger partial charge in [0.25, 0.3) is 5.91 Å². The van der Waals surface area contributed by atoms with E-state index in [2.05, 4.69) is 43.1 Å². The van der Waals surface area contributed by atoms with E-state index in [4.69, 9.17) is 31.9 Å². The van der Waals surface area contributed by atoms with Crippen molar-refractivity contribution in [1.82, 2.24) is 36.1 Å². The molecule has 0 spiro atoms. The summed E-state index contributed by atoms with van der Waals surface area (Å²) in [6, 6.07) is 6.98. The summed E-state index contributed by atoms with van der Waals surface area (Å²) < 4.78 is 12.1. The molecule has 0 aliphatic carbocycles. The van der Waals surface area contributed by atoms with Gasteiger partial charge in [-0.2, -0.15) is 5.26 Å². The molecule has 1 unspecified atom stereocenters. The zero-order valence-electron chi connectivity index (χ0n) is 35.4. The van der Waals surface area contributed by atoms with Crippen molar-refractivity contribution < 1.29 is 33.4 Å². The van der Waals surface area contributed by atoms with Crippen molar-refractivity contribution in [3.05, 3.63) is 70.8 Å². The molecule has 10 N–H and O–H groups in total. The highest BCUT2D eigenvalue weighted by molar-refractivity contribution is 5.99. The number of rotatable bonds is 14. The lowest BCUT2D eigenvalue weighted by Gasteiger charge is -2.32. The number of fused-ring (bicyclic) bond motifs is 5. The number of nitrogens with one attached hydrogen (secondary N) is 4. The van der Waals surface area contributed by atoms with Gasteiger partial charge < -0.3 is 52.8 Å². The summed E-state index contributed by atoms with van der Waals surface area (Å²) in [6.07, 6.45) is 1.34. The number of nitrogens with two attached hydrogens (primary N) is 3. The number of ether oxygens (including phenoxy) is 2. The molecule has 4 bridgehead atoms. The second kappa shape index (κ2) is 21.6. The summed E-state index contributed by atoms with van der Waals surface area (Å²) in [5.41, 5.74) is 19.6. The summed E-state index contributed by atoms with van der Waals surface area (Å²) in [7, 11) is 1.40. The number of likely N-dealkylation sites (N-methyl/N-ethyl adjacent to an activating group) is 1. The van der Waals surface area contributed by atoms with Crippen LogP contribution in [0.2, 0.25) is 0 Å². The summed E-state index contributed by atoms with van der Waals surface area (Å²) in [5, 5.41) is 19.8. The fourth-order valence-corrected chi connectivity index (χ4v) is 6.36. The van der Waals surface area contributed by atoms with Gasteiger partial charge in [-0.15, -0.1) is 0 Å². The lowest BCUT2D eigenvalue weighted by atomic mass is 9.93. The maximum Gasteiger partial charge on any atom is 0.255 e. The fourth-order valence-electron chi connectivity index (χ4n) is 6.36. The number of aryl methyl sites for hydroxylation is 1. The number of carbonyl (C=O) groups excluding carboxylic acids is 5. The number of aromatic nitrogens is 2. The minimum atomic E-state index is -1.40. The molecule has 0 fully saturated rings. The van der Waals surface area contributed by atoms with Crippen LogP contribution in [-0.4, -0.2) is 109 Å². The summed E-state index contributed by atoms with van der Waals surface area (Å²) in [6.45, 7) is 9.26. The number of nitrogens with zero attached hydrogens (tertiary/aromatic N) is 4. The van der Waals surface area contributed by atoms with Crippen LogP contribution in [0.4, 0.5) is 0 Å². The number of benzene rings is 2. The molecule has 1 aliphatic rings. The Morgan fingerprint density at radius 2 is 1.64 bits per heavy atom. The molecular weight excluding hydrogens is 783 g/mol. The van der Waals surface area contributed by atoms with Crippen molar-refractivity contribution in [2.45, 2.75) is 71.6 Å². The molecule has 61 heavy (non-hydrogen) atoms. The number of amides is 5. The summed E-state index contributed by atoms with van der Waals surface area (Å²) in [5.74, 6) is 3.57. The second-order valence-electron chi connectivity index (χ2n) is 15.4. The van der Waals surface area contributed by atoms with Gasteiger partial charge in [0.05, 0.1) is 17.3 Å². The lowest BCUT2D eigenvalue weighted by Crippen LogP contribution is -2.56. The molecule has 5 amide bonds. The van der Waals surface area contributed by atoms with Crippen LogP contribution in [0.15, 0.2) is 42.6 Å². The van der Waals surface area contributed by atoms with E-state index in [1.165, 1.54) is 25.1 Å². The molecule has 1 aliphatic heterocycles. The molecule has 2 aromatic carbocycles. The highest BCUT2D eigenvalue weighted by atomic mass is 16.5. The van der Waals surface area contributed by atoms with E-state index in [1.807, 2.05) is 26.8 Å². The number of hydrogen-bond donors (Lipinski definition) is 7. The molecule has 0 radical (unpaired) electrons. The quantitative estimate of drug-likeness (QED) is 0.0854. The van der Waals surface area contributed by atoms with Gasteiger partial charge in [0.2, 0.25) is 29.5 Å². The number of nitriles is 1. The molecule has 3 aromatic rings. The van der Waals surface area contributed by atoms with E-state index in [1.54, 1.807) is 43.3 Å². The third-order valence-corrected chi connectivity index (χ3v) is 9.39. The zero-order chi connectivity index (χ0) is 44.9. The first-order valence-corrected chi connectivity index (χ1v) is 19.8. The molecule has 4 atom stereocenters. The second-order valence-corrected chi connectivity index (χ2v) is 15.4. The normalized spacial score (nSPS) is 16.8. The molecular formula is C43H55N11O7. The van der Waals surface area contributed by atoms with Gasteiger partial charge in [-0.25, -0.2) is 9.97 Å². The van der Waals surface area contributed by atoms with Gasteiger partial charge in [0.1, 0.15) is 55.4 Å². The van der Waals surface area contributed by atoms with Crippen LogP contribution in [-0.2, 0) is 25.6 Å². The van der Waals surface area contributed by atoms with Crippen molar-refractivity contribution in [3.63, 3.8) is 0 Å². The predicted octanol–water partition coefficient (Wildman–Crippen LogP) is 0.357. The molecule has 18 nitrogen and oxygen atoms in total. The Labute approximate surface area is 355 Å². The first kappa shape index (κ1) is 47.1. The van der Waals surface area contributed by atoms with Crippen LogP contribution >= 0.6 is 0 Å². The van der Waals surface area contributed by atoms with E-state index in [0.29, 0.717) is 39.4 Å². The van der Waals surface area contributed by atoms with E-state index in [-0.39, 0.29) is 69.0 Å². The molecule has 2 heterocycles. The molecule has 18 heteroatoms. The average molecular weight is 838 g/mol. The Morgan fingerprint density at radius 1 is 0.984 bits per heavy atom. The number of carbonyl (C=O) groups is 5. The molecule has 1 aromatic heterocycles. The van der Waals surface area contributed by atoms with Gasteiger partial charge in [0, 0.05) is 49.3 Å². The van der Waals surface area contributed by atoms with Crippen molar-refractivity contribution in [2.24, 2.45) is 22.6 Å². The standard InChI is InChI=1S/C43H55N11O7/c1-25-31(24-49-36(50-25)11-13-43(3,4)5)39(56)52-32(12-14-44)42(59)54(6)37-28-8-10-35(61-20-17-47)30(23-28)29-21-27(7-9-34(29)60-19-16-46)22-33(40(57)48-18-15-45)53-38(55)26(2)51-41(37)58/h7-10,21,23-24,26,32-33,37H,12,14,16-20,22,44,46-47H2,1-6H3,(H,48,57)(H,51,58)(H,52,56)(H,53,55)/t26-,32?,33-,37-/m0/s1. The predicted molar refractivity (Wildman–Crippen MR) is 226 cm³/mol. The minimum Gasteiger partial charge on any atom is -0.492 e. The molecule has 324 valence electrons. The van der Waals surface area contributed by atoms with E-state index in [9.17, 15) is 24.0 Å². The highest BCUT2D eigenvalue weighted by Gasteiger charge is 2.36. The maximum atomic E-state index is 14.5. The monoisotopic (exact) mass is 837 g/mol. The van der Waals surface area contributed by atoms with Gasteiger partial charge in [-0.3, -0.25) is 24.0 Å².